The number of carbonyl (C=O) groups is 1. The number of rotatable bonds is 3. The van der Waals surface area contributed by atoms with Crippen LogP contribution in [0.4, 0.5) is 0 Å². The van der Waals surface area contributed by atoms with Crippen molar-refractivity contribution < 1.29 is 9.90 Å². The lowest BCUT2D eigenvalue weighted by molar-refractivity contribution is -0.118. The van der Waals surface area contributed by atoms with E-state index in [0.717, 1.165) is 43.4 Å². The van der Waals surface area contributed by atoms with E-state index in [0.29, 0.717) is 12.2 Å². The van der Waals surface area contributed by atoms with E-state index in [1.165, 1.54) is 11.1 Å². The maximum absolute atomic E-state index is 12.2. The van der Waals surface area contributed by atoms with Gasteiger partial charge in [-0.2, -0.15) is 0 Å². The number of nitrogens with zero attached hydrogens (tertiary/aromatic N) is 2. The molecule has 0 saturated heterocycles. The summed E-state index contributed by atoms with van der Waals surface area (Å²) in [5.41, 5.74) is 4.74. The predicted molar refractivity (Wildman–Crippen MR) is 72.6 cm³/mol. The van der Waals surface area contributed by atoms with E-state index in [2.05, 4.69) is 15.5 Å². The first-order chi connectivity index (χ1) is 9.74. The molecule has 1 aliphatic heterocycles. The molecule has 0 radical (unpaired) electrons. The number of hydrogen-bond acceptors (Lipinski definition) is 4. The summed E-state index contributed by atoms with van der Waals surface area (Å²) in [4.78, 5) is 12.2. The van der Waals surface area contributed by atoms with Crippen molar-refractivity contribution in [1.29, 1.82) is 0 Å². The van der Waals surface area contributed by atoms with Gasteiger partial charge in [0.15, 0.2) is 5.70 Å². The number of aliphatic hydroxyl groups is 1. The van der Waals surface area contributed by atoms with Gasteiger partial charge in [-0.3, -0.25) is 4.79 Å². The van der Waals surface area contributed by atoms with Crippen LogP contribution in [0.15, 0.2) is 44.4 Å². The molecule has 20 heavy (non-hydrogen) atoms. The SMILES string of the molecule is O=C(NC[C@H]1CCCC[C@H]1O)C1=C2C=C3CC3=C2N=N1. The molecule has 5 heteroatoms. The van der Waals surface area contributed by atoms with Crippen LogP contribution in [0.25, 0.3) is 0 Å². The summed E-state index contributed by atoms with van der Waals surface area (Å²) in [7, 11) is 0. The third-order valence-electron chi connectivity index (χ3n) is 4.60. The van der Waals surface area contributed by atoms with Crippen molar-refractivity contribution in [3.05, 3.63) is 34.2 Å². The van der Waals surface area contributed by atoms with Crippen LogP contribution in [0.3, 0.4) is 0 Å². The Kier molecular flexibility index (Phi) is 2.63. The van der Waals surface area contributed by atoms with Gasteiger partial charge in [0, 0.05) is 24.5 Å². The van der Waals surface area contributed by atoms with Gasteiger partial charge in [0.1, 0.15) is 0 Å². The van der Waals surface area contributed by atoms with Crippen molar-refractivity contribution in [3.63, 3.8) is 0 Å². The van der Waals surface area contributed by atoms with Crippen LogP contribution in [0, 0.1) is 5.92 Å². The molecule has 0 aromatic carbocycles. The summed E-state index contributed by atoms with van der Waals surface area (Å²) < 4.78 is 0. The lowest BCUT2D eigenvalue weighted by atomic mass is 9.86. The minimum atomic E-state index is -0.286. The van der Waals surface area contributed by atoms with Crippen LogP contribution >= 0.6 is 0 Å². The average molecular weight is 271 g/mol. The van der Waals surface area contributed by atoms with Crippen molar-refractivity contribution in [2.24, 2.45) is 16.1 Å². The second-order valence-corrected chi connectivity index (χ2v) is 5.96. The molecule has 0 bridgehead atoms. The largest absolute Gasteiger partial charge is 0.393 e. The van der Waals surface area contributed by atoms with Gasteiger partial charge < -0.3 is 10.4 Å². The van der Waals surface area contributed by atoms with E-state index in [4.69, 9.17) is 0 Å². The molecule has 0 aromatic rings. The summed E-state index contributed by atoms with van der Waals surface area (Å²) >= 11 is 0. The molecule has 0 unspecified atom stereocenters. The van der Waals surface area contributed by atoms with Gasteiger partial charge in [-0.1, -0.05) is 12.8 Å². The number of azo groups is 1. The number of hydrogen-bond donors (Lipinski definition) is 2. The monoisotopic (exact) mass is 271 g/mol. The first-order valence-electron chi connectivity index (χ1n) is 7.31. The van der Waals surface area contributed by atoms with Crippen molar-refractivity contribution >= 4 is 5.91 Å². The Morgan fingerprint density at radius 1 is 1.35 bits per heavy atom. The Hall–Kier alpha value is -1.75. The molecule has 2 N–H and O–H groups in total. The molecule has 4 aliphatic rings. The van der Waals surface area contributed by atoms with Gasteiger partial charge in [0.2, 0.25) is 0 Å². The van der Waals surface area contributed by atoms with Crippen LogP contribution in [-0.4, -0.2) is 23.7 Å². The number of amides is 1. The van der Waals surface area contributed by atoms with Gasteiger partial charge in [0.25, 0.3) is 5.91 Å². The normalized spacial score (nSPS) is 30.4. The molecule has 1 heterocycles. The molecular weight excluding hydrogens is 254 g/mol. The molecular formula is C15H17N3O2. The second kappa shape index (κ2) is 4.38. The van der Waals surface area contributed by atoms with Crippen molar-refractivity contribution in [2.75, 3.05) is 6.54 Å². The molecule has 0 spiro atoms. The fourth-order valence-corrected chi connectivity index (χ4v) is 3.28. The predicted octanol–water partition coefficient (Wildman–Crippen LogP) is 1.97. The molecule has 4 rings (SSSR count). The Labute approximate surface area is 117 Å². The van der Waals surface area contributed by atoms with Gasteiger partial charge in [-0.15, -0.1) is 10.2 Å². The van der Waals surface area contributed by atoms with E-state index in [-0.39, 0.29) is 17.9 Å². The van der Waals surface area contributed by atoms with E-state index in [1.807, 2.05) is 6.08 Å². The number of aliphatic hydroxyl groups excluding tert-OH is 1. The lowest BCUT2D eigenvalue weighted by Crippen LogP contribution is -2.37. The third-order valence-corrected chi connectivity index (χ3v) is 4.60. The van der Waals surface area contributed by atoms with Crippen LogP contribution in [0.2, 0.25) is 0 Å². The standard InChI is InChI=1S/C15H17N3O2/c19-12-4-2-1-3-8(12)7-16-15(20)14-11-6-9-5-10(9)13(11)17-18-14/h6,8,12,19H,1-5,7H2,(H,16,20)/t8-,12-/m1/s1. The maximum Gasteiger partial charge on any atom is 0.272 e. The molecule has 1 amide bonds. The highest BCUT2D eigenvalue weighted by molar-refractivity contribution is 5.97. The first-order valence-corrected chi connectivity index (χ1v) is 7.31. The van der Waals surface area contributed by atoms with Gasteiger partial charge in [0.05, 0.1) is 11.8 Å². The first kappa shape index (κ1) is 12.0. The van der Waals surface area contributed by atoms with Crippen molar-refractivity contribution in [1.82, 2.24) is 5.32 Å². The number of fused-ring (bicyclic) bond motifs is 2. The van der Waals surface area contributed by atoms with Crippen molar-refractivity contribution in [2.45, 2.75) is 38.2 Å². The molecule has 2 atom stereocenters. The molecule has 0 aromatic heterocycles. The summed E-state index contributed by atoms with van der Waals surface area (Å²) in [5.74, 6) is 0.0000701. The number of carbonyl (C=O) groups excluding carboxylic acids is 1. The van der Waals surface area contributed by atoms with E-state index >= 15 is 0 Å². The summed E-state index contributed by atoms with van der Waals surface area (Å²) in [6, 6.07) is 0. The van der Waals surface area contributed by atoms with Crippen LogP contribution in [0.5, 0.6) is 0 Å². The summed E-state index contributed by atoms with van der Waals surface area (Å²) in [6.45, 7) is 0.523. The van der Waals surface area contributed by atoms with Gasteiger partial charge in [-0.25, -0.2) is 0 Å². The van der Waals surface area contributed by atoms with Gasteiger partial charge in [-0.05, 0) is 30.1 Å². The second-order valence-electron chi connectivity index (χ2n) is 5.96. The van der Waals surface area contributed by atoms with Crippen molar-refractivity contribution in [3.8, 4) is 0 Å². The topological polar surface area (TPSA) is 74.0 Å². The molecule has 2 saturated carbocycles. The number of nitrogens with one attached hydrogen (secondary N) is 1. The lowest BCUT2D eigenvalue weighted by Gasteiger charge is -2.27. The Bertz CT molecular complexity index is 613. The fourth-order valence-electron chi connectivity index (χ4n) is 3.28. The quantitative estimate of drug-likeness (QED) is 0.823. The molecule has 5 nitrogen and oxygen atoms in total. The Morgan fingerprint density at radius 2 is 2.20 bits per heavy atom. The van der Waals surface area contributed by atoms with Crippen LogP contribution in [0.1, 0.15) is 32.1 Å². The highest BCUT2D eigenvalue weighted by Crippen LogP contribution is 2.51. The van der Waals surface area contributed by atoms with E-state index in [1.54, 1.807) is 0 Å². The van der Waals surface area contributed by atoms with E-state index < -0.39 is 0 Å². The molecule has 104 valence electrons. The van der Waals surface area contributed by atoms with E-state index in [9.17, 15) is 9.90 Å². The van der Waals surface area contributed by atoms with Crippen LogP contribution in [-0.2, 0) is 4.79 Å². The number of allylic oxidation sites excluding steroid dienone is 3. The molecule has 3 aliphatic carbocycles. The van der Waals surface area contributed by atoms with Gasteiger partial charge >= 0.3 is 0 Å². The molecule has 2 fully saturated rings. The summed E-state index contributed by atoms with van der Waals surface area (Å²) in [5, 5.41) is 20.9. The summed E-state index contributed by atoms with van der Waals surface area (Å²) in [6.07, 6.45) is 6.78. The maximum atomic E-state index is 12.2. The average Bonchev–Trinajstić information content (AvgIpc) is 2.93. The third kappa shape index (κ3) is 1.85. The Balaban J connectivity index is 1.42. The highest BCUT2D eigenvalue weighted by Gasteiger charge is 2.38. The smallest absolute Gasteiger partial charge is 0.272 e. The zero-order valence-corrected chi connectivity index (χ0v) is 11.2. The minimum absolute atomic E-state index is 0.171. The fraction of sp³-hybridized carbons (Fsp3) is 0.533. The minimum Gasteiger partial charge on any atom is -0.393 e. The highest BCUT2D eigenvalue weighted by atomic mass is 16.3. The zero-order chi connectivity index (χ0) is 13.7. The van der Waals surface area contributed by atoms with Crippen LogP contribution < -0.4 is 5.32 Å². The Morgan fingerprint density at radius 3 is 3.05 bits per heavy atom. The zero-order valence-electron chi connectivity index (χ0n) is 11.2.